The molecule has 1 aliphatic heterocycles. The number of hydrogen-bond donors (Lipinski definition) is 0. The molecule has 0 bridgehead atoms. The van der Waals surface area contributed by atoms with Crippen LogP contribution in [-0.4, -0.2) is 48.4 Å². The number of amides is 2. The first kappa shape index (κ1) is 17.2. The Morgan fingerprint density at radius 3 is 2.64 bits per heavy atom. The van der Waals surface area contributed by atoms with Crippen LogP contribution in [0.25, 0.3) is 0 Å². The summed E-state index contributed by atoms with van der Waals surface area (Å²) in [4.78, 5) is 28.2. The standard InChI is InChI=1S/C19H22N2O4/c1-13-6-8-14(9-7-13)17-18(25-12-16(22)21(17)3)19(23)20(2)11-15-5-4-10-24-15/h4-10,17-18H,11-12H2,1-3H3. The summed E-state index contributed by atoms with van der Waals surface area (Å²) in [5.41, 5.74) is 2.00. The zero-order valence-corrected chi connectivity index (χ0v) is 14.6. The molecule has 132 valence electrons. The Bertz CT molecular complexity index is 739. The molecular formula is C19H22N2O4. The molecule has 0 radical (unpaired) electrons. The van der Waals surface area contributed by atoms with E-state index in [1.807, 2.05) is 37.3 Å². The molecule has 6 heteroatoms. The van der Waals surface area contributed by atoms with E-state index in [9.17, 15) is 9.59 Å². The number of furan rings is 1. The van der Waals surface area contributed by atoms with Gasteiger partial charge < -0.3 is 19.0 Å². The highest BCUT2D eigenvalue weighted by atomic mass is 16.5. The van der Waals surface area contributed by atoms with Crippen molar-refractivity contribution in [2.45, 2.75) is 25.6 Å². The van der Waals surface area contributed by atoms with Gasteiger partial charge in [-0.25, -0.2) is 0 Å². The van der Waals surface area contributed by atoms with Gasteiger partial charge in [-0.1, -0.05) is 29.8 Å². The summed E-state index contributed by atoms with van der Waals surface area (Å²) in [6.45, 7) is 2.25. The highest BCUT2D eigenvalue weighted by Gasteiger charge is 2.41. The van der Waals surface area contributed by atoms with Crippen LogP contribution in [0.4, 0.5) is 0 Å². The second-order valence-corrected chi connectivity index (χ2v) is 6.37. The molecule has 1 fully saturated rings. The maximum Gasteiger partial charge on any atom is 0.254 e. The molecule has 0 N–H and O–H groups in total. The quantitative estimate of drug-likeness (QED) is 0.854. The molecule has 2 unspecified atom stereocenters. The molecule has 2 amide bonds. The lowest BCUT2D eigenvalue weighted by atomic mass is 9.96. The maximum absolute atomic E-state index is 12.9. The molecule has 1 aromatic carbocycles. The lowest BCUT2D eigenvalue weighted by Crippen LogP contribution is -2.53. The zero-order valence-electron chi connectivity index (χ0n) is 14.6. The number of nitrogens with zero attached hydrogens (tertiary/aromatic N) is 2. The second-order valence-electron chi connectivity index (χ2n) is 6.37. The van der Waals surface area contributed by atoms with Crippen molar-refractivity contribution in [2.75, 3.05) is 20.7 Å². The largest absolute Gasteiger partial charge is 0.467 e. The highest BCUT2D eigenvalue weighted by Crippen LogP contribution is 2.30. The summed E-state index contributed by atoms with van der Waals surface area (Å²) >= 11 is 0. The lowest BCUT2D eigenvalue weighted by molar-refractivity contribution is -0.167. The van der Waals surface area contributed by atoms with Gasteiger partial charge in [-0.15, -0.1) is 0 Å². The third kappa shape index (κ3) is 3.58. The Hall–Kier alpha value is -2.60. The molecule has 1 saturated heterocycles. The van der Waals surface area contributed by atoms with E-state index < -0.39 is 12.1 Å². The minimum atomic E-state index is -0.745. The fourth-order valence-electron chi connectivity index (χ4n) is 3.01. The van der Waals surface area contributed by atoms with E-state index >= 15 is 0 Å². The maximum atomic E-state index is 12.9. The Balaban J connectivity index is 1.84. The zero-order chi connectivity index (χ0) is 18.0. The van der Waals surface area contributed by atoms with E-state index in [-0.39, 0.29) is 18.4 Å². The molecule has 2 atom stereocenters. The van der Waals surface area contributed by atoms with Crippen LogP contribution in [0.3, 0.4) is 0 Å². The molecule has 1 aromatic heterocycles. The smallest absolute Gasteiger partial charge is 0.254 e. The Kier molecular flexibility index (Phi) is 4.90. The van der Waals surface area contributed by atoms with Gasteiger partial charge >= 0.3 is 0 Å². The van der Waals surface area contributed by atoms with E-state index in [4.69, 9.17) is 9.15 Å². The predicted octanol–water partition coefficient (Wildman–Crippen LogP) is 2.14. The molecular weight excluding hydrogens is 320 g/mol. The average molecular weight is 342 g/mol. The Morgan fingerprint density at radius 1 is 1.28 bits per heavy atom. The third-order valence-electron chi connectivity index (χ3n) is 4.50. The van der Waals surface area contributed by atoms with E-state index in [2.05, 4.69) is 0 Å². The van der Waals surface area contributed by atoms with Crippen molar-refractivity contribution >= 4 is 11.8 Å². The molecule has 6 nitrogen and oxygen atoms in total. The van der Waals surface area contributed by atoms with E-state index in [0.29, 0.717) is 12.3 Å². The Morgan fingerprint density at radius 2 is 2.00 bits per heavy atom. The summed E-state index contributed by atoms with van der Waals surface area (Å²) in [5.74, 6) is 0.382. The van der Waals surface area contributed by atoms with Crippen LogP contribution in [0.2, 0.25) is 0 Å². The first-order valence-corrected chi connectivity index (χ1v) is 8.18. The number of rotatable bonds is 4. The van der Waals surface area contributed by atoms with Crippen molar-refractivity contribution in [1.82, 2.24) is 9.80 Å². The van der Waals surface area contributed by atoms with Crippen LogP contribution in [-0.2, 0) is 20.9 Å². The number of carbonyl (C=O) groups is 2. The summed E-state index contributed by atoms with van der Waals surface area (Å²) in [7, 11) is 3.42. The molecule has 0 saturated carbocycles. The van der Waals surface area contributed by atoms with Crippen molar-refractivity contribution in [3.8, 4) is 0 Å². The van der Waals surface area contributed by atoms with Gasteiger partial charge in [0.15, 0.2) is 6.10 Å². The molecule has 25 heavy (non-hydrogen) atoms. The summed E-state index contributed by atoms with van der Waals surface area (Å²) < 4.78 is 11.0. The van der Waals surface area contributed by atoms with Gasteiger partial charge in [0, 0.05) is 14.1 Å². The van der Waals surface area contributed by atoms with Crippen LogP contribution >= 0.6 is 0 Å². The molecule has 2 aromatic rings. The number of ether oxygens (including phenoxy) is 1. The predicted molar refractivity (Wildman–Crippen MR) is 91.6 cm³/mol. The fourth-order valence-corrected chi connectivity index (χ4v) is 3.01. The van der Waals surface area contributed by atoms with Crippen molar-refractivity contribution in [1.29, 1.82) is 0 Å². The summed E-state index contributed by atoms with van der Waals surface area (Å²) in [5, 5.41) is 0. The molecule has 0 spiro atoms. The number of likely N-dealkylation sites (N-methyl/N-ethyl adjacent to an activating group) is 2. The molecule has 2 heterocycles. The van der Waals surface area contributed by atoms with Crippen LogP contribution < -0.4 is 0 Å². The van der Waals surface area contributed by atoms with E-state index in [1.165, 1.54) is 0 Å². The van der Waals surface area contributed by atoms with Gasteiger partial charge in [-0.05, 0) is 24.6 Å². The highest BCUT2D eigenvalue weighted by molar-refractivity contribution is 5.86. The third-order valence-corrected chi connectivity index (χ3v) is 4.50. The van der Waals surface area contributed by atoms with E-state index in [1.54, 1.807) is 36.2 Å². The van der Waals surface area contributed by atoms with Gasteiger partial charge in [-0.3, -0.25) is 9.59 Å². The number of aryl methyl sites for hydroxylation is 1. The topological polar surface area (TPSA) is 63.0 Å². The first-order valence-electron chi connectivity index (χ1n) is 8.18. The first-order chi connectivity index (χ1) is 12.0. The lowest BCUT2D eigenvalue weighted by Gasteiger charge is -2.39. The van der Waals surface area contributed by atoms with Gasteiger partial charge in [0.2, 0.25) is 5.91 Å². The fraction of sp³-hybridized carbons (Fsp3) is 0.368. The number of hydrogen-bond acceptors (Lipinski definition) is 4. The second kappa shape index (κ2) is 7.11. The normalized spacial score (nSPS) is 20.6. The van der Waals surface area contributed by atoms with Crippen LogP contribution in [0.1, 0.15) is 22.9 Å². The molecule has 0 aliphatic carbocycles. The van der Waals surface area contributed by atoms with Gasteiger partial charge in [-0.2, -0.15) is 0 Å². The van der Waals surface area contributed by atoms with Crippen LogP contribution in [0.15, 0.2) is 47.1 Å². The summed E-state index contributed by atoms with van der Waals surface area (Å²) in [6, 6.07) is 11.0. The average Bonchev–Trinajstić information content (AvgIpc) is 3.10. The Labute approximate surface area is 147 Å². The number of carbonyl (C=O) groups excluding carboxylic acids is 2. The molecule has 1 aliphatic rings. The number of benzene rings is 1. The van der Waals surface area contributed by atoms with Crippen molar-refractivity contribution in [3.05, 3.63) is 59.5 Å². The van der Waals surface area contributed by atoms with E-state index in [0.717, 1.165) is 11.1 Å². The van der Waals surface area contributed by atoms with Crippen LogP contribution in [0, 0.1) is 6.92 Å². The van der Waals surface area contributed by atoms with Gasteiger partial charge in [0.25, 0.3) is 5.91 Å². The van der Waals surface area contributed by atoms with Crippen molar-refractivity contribution in [3.63, 3.8) is 0 Å². The van der Waals surface area contributed by atoms with Crippen molar-refractivity contribution in [2.24, 2.45) is 0 Å². The summed E-state index contributed by atoms with van der Waals surface area (Å²) in [6.07, 6.45) is 0.831. The van der Waals surface area contributed by atoms with Gasteiger partial charge in [0.1, 0.15) is 12.4 Å². The monoisotopic (exact) mass is 342 g/mol. The van der Waals surface area contributed by atoms with Crippen LogP contribution in [0.5, 0.6) is 0 Å². The van der Waals surface area contributed by atoms with Crippen molar-refractivity contribution < 1.29 is 18.7 Å². The molecule has 3 rings (SSSR count). The number of morpholine rings is 1. The SMILES string of the molecule is Cc1ccc(C2C(C(=O)N(C)Cc3ccco3)OCC(=O)N2C)cc1. The minimum absolute atomic E-state index is 0.0934. The van der Waals surface area contributed by atoms with Gasteiger partial charge in [0.05, 0.1) is 18.8 Å². The minimum Gasteiger partial charge on any atom is -0.467 e.